The van der Waals surface area contributed by atoms with E-state index in [1.807, 2.05) is 24.3 Å². The first kappa shape index (κ1) is 14.4. The molecule has 0 aliphatic carbocycles. The fourth-order valence-corrected chi connectivity index (χ4v) is 2.66. The maximum Gasteiger partial charge on any atom is 0.231 e. The van der Waals surface area contributed by atoms with E-state index in [1.54, 1.807) is 24.3 Å². The predicted octanol–water partition coefficient (Wildman–Crippen LogP) is 4.84. The minimum atomic E-state index is -0.0490. The van der Waals surface area contributed by atoms with Gasteiger partial charge in [0.1, 0.15) is 0 Å². The van der Waals surface area contributed by atoms with Crippen molar-refractivity contribution in [1.29, 1.82) is 0 Å². The average Bonchev–Trinajstić information content (AvgIpc) is 2.92. The number of carbonyl (C=O) groups excluding carboxylic acids is 1. The molecule has 106 valence electrons. The van der Waals surface area contributed by atoms with Crippen LogP contribution in [-0.2, 0) is 0 Å². The molecule has 1 heterocycles. The molecule has 0 bridgehead atoms. The average molecular weight is 410 g/mol. The summed E-state index contributed by atoms with van der Waals surface area (Å²) < 4.78 is 12.4. The Morgan fingerprint density at radius 3 is 2.43 bits per heavy atom. The predicted molar refractivity (Wildman–Crippen MR) is 87.8 cm³/mol. The first-order chi connectivity index (χ1) is 10.1. The number of hydrogen-bond acceptors (Lipinski definition) is 3. The number of halogens is 2. The maximum absolute atomic E-state index is 12.1. The van der Waals surface area contributed by atoms with Crippen LogP contribution in [0.25, 0.3) is 6.08 Å². The van der Waals surface area contributed by atoms with Gasteiger partial charge in [-0.2, -0.15) is 0 Å². The molecular formula is C16H10Br2O3. The van der Waals surface area contributed by atoms with Crippen LogP contribution >= 0.6 is 31.9 Å². The number of hydrogen-bond donors (Lipinski definition) is 0. The Morgan fingerprint density at radius 2 is 1.71 bits per heavy atom. The standard InChI is InChI=1S/C16H10Br2O3/c17-12-4-1-10(2-5-12)14(19)6-3-11-7-15-16(8-13(11)18)21-9-20-15/h1-8H,9H2/b6-3+. The Kier molecular flexibility index (Phi) is 4.12. The van der Waals surface area contributed by atoms with E-state index in [9.17, 15) is 4.79 Å². The zero-order valence-corrected chi connectivity index (χ0v) is 14.0. The second kappa shape index (κ2) is 6.03. The minimum Gasteiger partial charge on any atom is -0.454 e. The lowest BCUT2D eigenvalue weighted by molar-refractivity contribution is 0.104. The summed E-state index contributed by atoms with van der Waals surface area (Å²) in [6, 6.07) is 10.9. The Labute approximate surface area is 138 Å². The molecule has 1 aliphatic rings. The van der Waals surface area contributed by atoms with Crippen molar-refractivity contribution in [2.24, 2.45) is 0 Å². The van der Waals surface area contributed by atoms with E-state index in [1.165, 1.54) is 0 Å². The highest BCUT2D eigenvalue weighted by Crippen LogP contribution is 2.37. The third-order valence-electron chi connectivity index (χ3n) is 3.03. The van der Waals surface area contributed by atoms with E-state index in [-0.39, 0.29) is 12.6 Å². The first-order valence-electron chi connectivity index (χ1n) is 6.20. The molecule has 2 aromatic carbocycles. The highest BCUT2D eigenvalue weighted by Gasteiger charge is 2.15. The highest BCUT2D eigenvalue weighted by atomic mass is 79.9. The van der Waals surface area contributed by atoms with Crippen LogP contribution in [0, 0.1) is 0 Å². The lowest BCUT2D eigenvalue weighted by Gasteiger charge is -2.02. The van der Waals surface area contributed by atoms with Crippen LogP contribution < -0.4 is 9.47 Å². The van der Waals surface area contributed by atoms with Gasteiger partial charge in [-0.15, -0.1) is 0 Å². The van der Waals surface area contributed by atoms with Crippen molar-refractivity contribution in [2.75, 3.05) is 6.79 Å². The smallest absolute Gasteiger partial charge is 0.231 e. The summed E-state index contributed by atoms with van der Waals surface area (Å²) >= 11 is 6.81. The van der Waals surface area contributed by atoms with Crippen LogP contribution in [-0.4, -0.2) is 12.6 Å². The Morgan fingerprint density at radius 1 is 1.05 bits per heavy atom. The van der Waals surface area contributed by atoms with Crippen molar-refractivity contribution >= 4 is 43.7 Å². The fourth-order valence-electron chi connectivity index (χ4n) is 1.94. The zero-order chi connectivity index (χ0) is 14.8. The van der Waals surface area contributed by atoms with Crippen LogP contribution in [0.15, 0.2) is 51.4 Å². The third-order valence-corrected chi connectivity index (χ3v) is 4.25. The number of ether oxygens (including phenoxy) is 2. The van der Waals surface area contributed by atoms with Gasteiger partial charge in [0.25, 0.3) is 0 Å². The Balaban J connectivity index is 1.83. The van der Waals surface area contributed by atoms with Gasteiger partial charge in [-0.25, -0.2) is 0 Å². The zero-order valence-electron chi connectivity index (χ0n) is 10.8. The van der Waals surface area contributed by atoms with Crippen molar-refractivity contribution < 1.29 is 14.3 Å². The van der Waals surface area contributed by atoms with Crippen LogP contribution in [0.2, 0.25) is 0 Å². The summed E-state index contributed by atoms with van der Waals surface area (Å²) in [4.78, 5) is 12.1. The number of fused-ring (bicyclic) bond motifs is 1. The van der Waals surface area contributed by atoms with Crippen LogP contribution in [0.1, 0.15) is 15.9 Å². The molecule has 0 radical (unpaired) electrons. The molecule has 0 unspecified atom stereocenters. The number of ketones is 1. The molecule has 0 fully saturated rings. The van der Waals surface area contributed by atoms with E-state index >= 15 is 0 Å². The van der Waals surface area contributed by atoms with Gasteiger partial charge in [0, 0.05) is 14.5 Å². The minimum absolute atomic E-state index is 0.0490. The van der Waals surface area contributed by atoms with Gasteiger partial charge >= 0.3 is 0 Å². The lowest BCUT2D eigenvalue weighted by atomic mass is 10.1. The number of carbonyl (C=O) groups is 1. The van der Waals surface area contributed by atoms with Crippen molar-refractivity contribution in [3.8, 4) is 11.5 Å². The van der Waals surface area contributed by atoms with E-state index < -0.39 is 0 Å². The van der Waals surface area contributed by atoms with E-state index in [4.69, 9.17) is 9.47 Å². The van der Waals surface area contributed by atoms with Crippen LogP contribution in [0.4, 0.5) is 0 Å². The first-order valence-corrected chi connectivity index (χ1v) is 7.79. The summed E-state index contributed by atoms with van der Waals surface area (Å²) in [6.45, 7) is 0.229. The highest BCUT2D eigenvalue weighted by molar-refractivity contribution is 9.10. The summed E-state index contributed by atoms with van der Waals surface area (Å²) in [5.41, 5.74) is 1.51. The molecule has 0 aromatic heterocycles. The largest absolute Gasteiger partial charge is 0.454 e. The molecule has 0 saturated heterocycles. The van der Waals surface area contributed by atoms with Gasteiger partial charge in [0.2, 0.25) is 6.79 Å². The molecule has 0 amide bonds. The van der Waals surface area contributed by atoms with Crippen molar-refractivity contribution in [2.45, 2.75) is 0 Å². The molecule has 0 N–H and O–H groups in total. The molecule has 21 heavy (non-hydrogen) atoms. The molecule has 2 aromatic rings. The molecule has 3 nitrogen and oxygen atoms in total. The lowest BCUT2D eigenvalue weighted by Crippen LogP contribution is -1.93. The fraction of sp³-hybridized carbons (Fsp3) is 0.0625. The maximum atomic E-state index is 12.1. The van der Waals surface area contributed by atoms with Crippen LogP contribution in [0.3, 0.4) is 0 Å². The van der Waals surface area contributed by atoms with Gasteiger partial charge in [-0.05, 0) is 54.1 Å². The van der Waals surface area contributed by atoms with Crippen molar-refractivity contribution in [3.63, 3.8) is 0 Å². The van der Waals surface area contributed by atoms with Gasteiger partial charge in [0.05, 0.1) is 0 Å². The quantitative estimate of drug-likeness (QED) is 0.537. The SMILES string of the molecule is O=C(/C=C/c1cc2c(cc1Br)OCO2)c1ccc(Br)cc1. The van der Waals surface area contributed by atoms with E-state index in [0.29, 0.717) is 17.1 Å². The molecular weight excluding hydrogens is 400 g/mol. The second-order valence-corrected chi connectivity index (χ2v) is 6.20. The topological polar surface area (TPSA) is 35.5 Å². The van der Waals surface area contributed by atoms with Gasteiger partial charge in [0.15, 0.2) is 17.3 Å². The monoisotopic (exact) mass is 408 g/mol. The van der Waals surface area contributed by atoms with Gasteiger partial charge in [-0.1, -0.05) is 31.9 Å². The summed E-state index contributed by atoms with van der Waals surface area (Å²) in [7, 11) is 0. The van der Waals surface area contributed by atoms with Gasteiger partial charge < -0.3 is 9.47 Å². The van der Waals surface area contributed by atoms with E-state index in [0.717, 1.165) is 14.5 Å². The summed E-state index contributed by atoms with van der Waals surface area (Å²) in [5, 5.41) is 0. The molecule has 0 saturated carbocycles. The molecule has 3 rings (SSSR count). The molecule has 1 aliphatic heterocycles. The number of benzene rings is 2. The molecule has 5 heteroatoms. The van der Waals surface area contributed by atoms with E-state index in [2.05, 4.69) is 31.9 Å². The van der Waals surface area contributed by atoms with Crippen molar-refractivity contribution in [3.05, 3.63) is 62.5 Å². The number of allylic oxidation sites excluding steroid dienone is 1. The summed E-state index contributed by atoms with van der Waals surface area (Å²) in [5.74, 6) is 1.35. The Hall–Kier alpha value is -1.59. The van der Waals surface area contributed by atoms with Gasteiger partial charge in [-0.3, -0.25) is 4.79 Å². The second-order valence-electron chi connectivity index (χ2n) is 4.43. The number of rotatable bonds is 3. The van der Waals surface area contributed by atoms with Crippen LogP contribution in [0.5, 0.6) is 11.5 Å². The summed E-state index contributed by atoms with van der Waals surface area (Å²) in [6.07, 6.45) is 3.31. The molecule has 0 spiro atoms. The molecule has 0 atom stereocenters. The normalized spacial score (nSPS) is 12.9. The van der Waals surface area contributed by atoms with Crippen molar-refractivity contribution in [1.82, 2.24) is 0 Å². The third kappa shape index (κ3) is 3.19. The Bertz CT molecular complexity index is 721.